The minimum Gasteiger partial charge on any atom is -0.313 e. The molecular formula is C12H16N4O2S. The summed E-state index contributed by atoms with van der Waals surface area (Å²) in [5.41, 5.74) is -0.0455. The average molecular weight is 280 g/mol. The Balaban J connectivity index is 2.41. The summed E-state index contributed by atoms with van der Waals surface area (Å²) in [6.45, 7) is 3.69. The Labute approximate surface area is 113 Å². The van der Waals surface area contributed by atoms with E-state index in [1.165, 1.54) is 22.6 Å². The van der Waals surface area contributed by atoms with Gasteiger partial charge in [0.25, 0.3) is 0 Å². The van der Waals surface area contributed by atoms with Crippen molar-refractivity contribution in [3.63, 3.8) is 0 Å². The Morgan fingerprint density at radius 3 is 2.84 bits per heavy atom. The van der Waals surface area contributed by atoms with Crippen molar-refractivity contribution < 1.29 is 8.42 Å². The molecule has 0 atom stereocenters. The lowest BCUT2D eigenvalue weighted by Gasteiger charge is -2.37. The zero-order valence-corrected chi connectivity index (χ0v) is 11.5. The molecule has 0 spiro atoms. The maximum Gasteiger partial charge on any atom is 0.246 e. The highest BCUT2D eigenvalue weighted by Gasteiger charge is 2.35. The first-order valence-electron chi connectivity index (χ1n) is 6.19. The van der Waals surface area contributed by atoms with Crippen molar-refractivity contribution in [1.82, 2.24) is 14.6 Å². The Kier molecular flexibility index (Phi) is 4.14. The number of hydrogen-bond donors (Lipinski definition) is 1. The second-order valence-corrected chi connectivity index (χ2v) is 6.25. The zero-order valence-electron chi connectivity index (χ0n) is 10.7. The zero-order chi connectivity index (χ0) is 13.9. The summed E-state index contributed by atoms with van der Waals surface area (Å²) < 4.78 is 26.8. The predicted molar refractivity (Wildman–Crippen MR) is 69.8 cm³/mol. The second-order valence-electron chi connectivity index (χ2n) is 4.39. The fourth-order valence-electron chi connectivity index (χ4n) is 2.01. The number of nitriles is 1. The minimum absolute atomic E-state index is 0.00199. The maximum atomic E-state index is 12.6. The molecule has 1 N–H and O–H groups in total. The van der Waals surface area contributed by atoms with Gasteiger partial charge in [0.15, 0.2) is 5.69 Å². The topological polar surface area (TPSA) is 86.1 Å². The van der Waals surface area contributed by atoms with E-state index >= 15 is 0 Å². The van der Waals surface area contributed by atoms with E-state index in [1.807, 2.05) is 13.0 Å². The van der Waals surface area contributed by atoms with Crippen LogP contribution in [0.5, 0.6) is 0 Å². The van der Waals surface area contributed by atoms with E-state index in [4.69, 9.17) is 5.26 Å². The van der Waals surface area contributed by atoms with Crippen LogP contribution in [-0.2, 0) is 10.0 Å². The fraction of sp³-hybridized carbons (Fsp3) is 0.500. The van der Waals surface area contributed by atoms with Crippen LogP contribution in [0.1, 0.15) is 19.0 Å². The molecule has 1 saturated heterocycles. The number of nitrogens with zero attached hydrogens (tertiary/aromatic N) is 3. The van der Waals surface area contributed by atoms with Crippen molar-refractivity contribution in [3.05, 3.63) is 24.0 Å². The van der Waals surface area contributed by atoms with E-state index in [2.05, 4.69) is 10.3 Å². The van der Waals surface area contributed by atoms with E-state index in [0.29, 0.717) is 19.6 Å². The van der Waals surface area contributed by atoms with E-state index in [9.17, 15) is 8.42 Å². The molecule has 0 saturated carbocycles. The lowest BCUT2D eigenvalue weighted by molar-refractivity contribution is 0.241. The largest absolute Gasteiger partial charge is 0.313 e. The molecule has 0 unspecified atom stereocenters. The molecule has 1 aromatic rings. The molecule has 0 radical (unpaired) electrons. The van der Waals surface area contributed by atoms with Gasteiger partial charge in [0.05, 0.1) is 6.04 Å². The van der Waals surface area contributed by atoms with E-state index in [-0.39, 0.29) is 16.6 Å². The molecule has 2 rings (SSSR count). The Hall–Kier alpha value is -1.49. The highest BCUT2D eigenvalue weighted by Crippen LogP contribution is 2.22. The van der Waals surface area contributed by atoms with Crippen LogP contribution >= 0.6 is 0 Å². The lowest BCUT2D eigenvalue weighted by atomic mass is 10.2. The number of pyridine rings is 1. The van der Waals surface area contributed by atoms with Crippen molar-refractivity contribution >= 4 is 10.0 Å². The van der Waals surface area contributed by atoms with Gasteiger partial charge in [0.2, 0.25) is 10.0 Å². The van der Waals surface area contributed by atoms with Crippen molar-refractivity contribution in [2.75, 3.05) is 19.6 Å². The molecule has 1 fully saturated rings. The van der Waals surface area contributed by atoms with Crippen LogP contribution in [0.3, 0.4) is 0 Å². The summed E-state index contributed by atoms with van der Waals surface area (Å²) in [5.74, 6) is 0. The molecular weight excluding hydrogens is 264 g/mol. The summed E-state index contributed by atoms with van der Waals surface area (Å²) in [7, 11) is -3.66. The Bertz CT molecular complexity index is 590. The molecule has 102 valence electrons. The van der Waals surface area contributed by atoms with Crippen LogP contribution in [0.4, 0.5) is 0 Å². The first-order valence-corrected chi connectivity index (χ1v) is 7.63. The molecule has 0 aliphatic carbocycles. The normalized spacial score (nSPS) is 16.1. The third-order valence-electron chi connectivity index (χ3n) is 3.07. The number of nitrogens with one attached hydrogen (secondary N) is 1. The quantitative estimate of drug-likeness (QED) is 0.839. The molecule has 1 aliphatic heterocycles. The lowest BCUT2D eigenvalue weighted by Crippen LogP contribution is -2.58. The molecule has 1 aromatic heterocycles. The Morgan fingerprint density at radius 1 is 1.58 bits per heavy atom. The number of sulfonamides is 1. The van der Waals surface area contributed by atoms with Gasteiger partial charge in [-0.2, -0.15) is 9.57 Å². The van der Waals surface area contributed by atoms with Crippen LogP contribution in [0.15, 0.2) is 23.2 Å². The summed E-state index contributed by atoms with van der Waals surface area (Å²) in [5, 5.41) is 12.1. The van der Waals surface area contributed by atoms with Crippen molar-refractivity contribution in [2.45, 2.75) is 24.3 Å². The van der Waals surface area contributed by atoms with Crippen LogP contribution in [-0.4, -0.2) is 43.4 Å². The smallest absolute Gasteiger partial charge is 0.246 e. The molecule has 0 amide bonds. The SMILES string of the molecule is CCCN(C1CNC1)S(=O)(=O)c1cccnc1C#N. The first kappa shape index (κ1) is 13.9. The van der Waals surface area contributed by atoms with Crippen LogP contribution in [0, 0.1) is 11.3 Å². The molecule has 6 nitrogen and oxygen atoms in total. The maximum absolute atomic E-state index is 12.6. The van der Waals surface area contributed by atoms with Crippen molar-refractivity contribution in [3.8, 4) is 6.07 Å². The number of aromatic nitrogens is 1. The molecule has 19 heavy (non-hydrogen) atoms. The molecule has 0 bridgehead atoms. The van der Waals surface area contributed by atoms with Gasteiger partial charge in [-0.15, -0.1) is 0 Å². The van der Waals surface area contributed by atoms with E-state index in [0.717, 1.165) is 6.42 Å². The first-order chi connectivity index (χ1) is 9.11. The third-order valence-corrected chi connectivity index (χ3v) is 5.06. The van der Waals surface area contributed by atoms with E-state index < -0.39 is 10.0 Å². The second kappa shape index (κ2) is 5.65. The molecule has 2 heterocycles. The predicted octanol–water partition coefficient (Wildman–Crippen LogP) is 0.326. The van der Waals surface area contributed by atoms with Gasteiger partial charge < -0.3 is 5.32 Å². The van der Waals surface area contributed by atoms with Gasteiger partial charge in [0.1, 0.15) is 11.0 Å². The summed E-state index contributed by atoms with van der Waals surface area (Å²) in [4.78, 5) is 3.82. The summed E-state index contributed by atoms with van der Waals surface area (Å²) >= 11 is 0. The summed E-state index contributed by atoms with van der Waals surface area (Å²) in [6, 6.07) is 4.79. The number of rotatable bonds is 5. The highest BCUT2D eigenvalue weighted by molar-refractivity contribution is 7.89. The van der Waals surface area contributed by atoms with E-state index in [1.54, 1.807) is 0 Å². The van der Waals surface area contributed by atoms with Gasteiger partial charge in [-0.25, -0.2) is 13.4 Å². The van der Waals surface area contributed by atoms with Crippen molar-refractivity contribution in [2.24, 2.45) is 0 Å². The van der Waals surface area contributed by atoms with Gasteiger partial charge in [-0.1, -0.05) is 6.92 Å². The molecule has 7 heteroatoms. The van der Waals surface area contributed by atoms with Gasteiger partial charge in [-0.3, -0.25) is 0 Å². The minimum atomic E-state index is -3.66. The summed E-state index contributed by atoms with van der Waals surface area (Å²) in [6.07, 6.45) is 2.16. The fourth-order valence-corrected chi connectivity index (χ4v) is 3.82. The Morgan fingerprint density at radius 2 is 2.32 bits per heavy atom. The van der Waals surface area contributed by atoms with Crippen LogP contribution < -0.4 is 5.32 Å². The van der Waals surface area contributed by atoms with Gasteiger partial charge in [-0.05, 0) is 18.6 Å². The monoisotopic (exact) mass is 280 g/mol. The van der Waals surface area contributed by atoms with Gasteiger partial charge in [0, 0.05) is 25.8 Å². The third kappa shape index (κ3) is 2.61. The van der Waals surface area contributed by atoms with Crippen LogP contribution in [0.2, 0.25) is 0 Å². The molecule has 0 aromatic carbocycles. The van der Waals surface area contributed by atoms with Gasteiger partial charge >= 0.3 is 0 Å². The standard InChI is InChI=1S/C12H16N4O2S/c1-2-6-16(10-8-14-9-10)19(17,18)12-4-3-5-15-11(12)7-13/h3-5,10,14H,2,6,8-9H2,1H3. The number of hydrogen-bond acceptors (Lipinski definition) is 5. The molecule has 1 aliphatic rings. The van der Waals surface area contributed by atoms with Crippen LogP contribution in [0.25, 0.3) is 0 Å². The highest BCUT2D eigenvalue weighted by atomic mass is 32.2. The van der Waals surface area contributed by atoms with Crippen molar-refractivity contribution in [1.29, 1.82) is 5.26 Å². The average Bonchev–Trinajstić information content (AvgIpc) is 2.36.